The van der Waals surface area contributed by atoms with Gasteiger partial charge in [0.2, 0.25) is 0 Å². The summed E-state index contributed by atoms with van der Waals surface area (Å²) in [5.41, 5.74) is 3.57. The van der Waals surface area contributed by atoms with E-state index in [1.54, 1.807) is 37.1 Å². The highest BCUT2D eigenvalue weighted by molar-refractivity contribution is 7.99. The molecule has 0 saturated carbocycles. The van der Waals surface area contributed by atoms with E-state index in [4.69, 9.17) is 25.7 Å². The van der Waals surface area contributed by atoms with Crippen LogP contribution in [0, 0.1) is 6.92 Å². The van der Waals surface area contributed by atoms with Crippen molar-refractivity contribution in [2.45, 2.75) is 23.5 Å². The average Bonchev–Trinajstić information content (AvgIpc) is 2.98. The van der Waals surface area contributed by atoms with Crippen LogP contribution >= 0.6 is 23.4 Å². The SMILES string of the molecule is COc1ccc([C@@H]2CC(c3c(O)ccc4c(C)cc(=O)oc34)=Nc3ccc(Cl)cc3S2)cc1. The molecule has 7 heteroatoms. The molecule has 0 unspecified atom stereocenters. The van der Waals surface area contributed by atoms with Gasteiger partial charge in [-0.05, 0) is 60.5 Å². The number of aryl methyl sites for hydroxylation is 1. The Kier molecular flexibility index (Phi) is 5.64. The molecule has 5 rings (SSSR count). The fraction of sp³-hybridized carbons (Fsp3) is 0.154. The zero-order valence-electron chi connectivity index (χ0n) is 18.0. The molecule has 5 nitrogen and oxygen atoms in total. The number of aromatic hydroxyl groups is 1. The van der Waals surface area contributed by atoms with Crippen LogP contribution in [0.25, 0.3) is 11.0 Å². The summed E-state index contributed by atoms with van der Waals surface area (Å²) in [6.07, 6.45) is 0.508. The van der Waals surface area contributed by atoms with Crippen molar-refractivity contribution in [3.8, 4) is 11.5 Å². The fourth-order valence-electron chi connectivity index (χ4n) is 4.05. The van der Waals surface area contributed by atoms with E-state index in [-0.39, 0.29) is 11.0 Å². The molecule has 0 spiro atoms. The number of ether oxygens (including phenoxy) is 1. The van der Waals surface area contributed by atoms with Crippen molar-refractivity contribution in [3.63, 3.8) is 0 Å². The number of phenols is 1. The van der Waals surface area contributed by atoms with Crippen molar-refractivity contribution in [1.29, 1.82) is 0 Å². The zero-order valence-corrected chi connectivity index (χ0v) is 19.5. The van der Waals surface area contributed by atoms with Gasteiger partial charge in [-0.3, -0.25) is 4.99 Å². The van der Waals surface area contributed by atoms with E-state index in [1.165, 1.54) is 6.07 Å². The molecule has 0 saturated heterocycles. The molecule has 4 aromatic rings. The average molecular weight is 478 g/mol. The summed E-state index contributed by atoms with van der Waals surface area (Å²) in [7, 11) is 1.64. The van der Waals surface area contributed by atoms with Gasteiger partial charge in [-0.15, -0.1) is 11.8 Å². The number of aliphatic imine (C=N–C) groups is 1. The van der Waals surface area contributed by atoms with Gasteiger partial charge in [0.25, 0.3) is 0 Å². The Morgan fingerprint density at radius 3 is 2.67 bits per heavy atom. The first-order valence-corrected chi connectivity index (χ1v) is 11.6. The van der Waals surface area contributed by atoms with Gasteiger partial charge >= 0.3 is 5.63 Å². The van der Waals surface area contributed by atoms with Gasteiger partial charge in [-0.1, -0.05) is 23.7 Å². The first kappa shape index (κ1) is 21.6. The molecule has 3 aromatic carbocycles. The van der Waals surface area contributed by atoms with E-state index in [1.807, 2.05) is 43.3 Å². The van der Waals surface area contributed by atoms with Crippen LogP contribution < -0.4 is 10.4 Å². The van der Waals surface area contributed by atoms with Gasteiger partial charge in [-0.2, -0.15) is 0 Å². The third kappa shape index (κ3) is 4.12. The molecule has 1 N–H and O–H groups in total. The quantitative estimate of drug-likeness (QED) is 0.327. The van der Waals surface area contributed by atoms with Crippen LogP contribution in [0.5, 0.6) is 11.5 Å². The molecule has 1 atom stereocenters. The summed E-state index contributed by atoms with van der Waals surface area (Å²) in [5, 5.41) is 12.2. The predicted octanol–water partition coefficient (Wildman–Crippen LogP) is 6.83. The third-order valence-electron chi connectivity index (χ3n) is 5.70. The zero-order chi connectivity index (χ0) is 23.1. The van der Waals surface area contributed by atoms with Crippen LogP contribution in [0.15, 0.2) is 79.8 Å². The van der Waals surface area contributed by atoms with Gasteiger partial charge in [0, 0.05) is 33.0 Å². The molecule has 1 aromatic heterocycles. The highest BCUT2D eigenvalue weighted by Gasteiger charge is 2.26. The minimum absolute atomic E-state index is 0.0134. The molecule has 33 heavy (non-hydrogen) atoms. The van der Waals surface area contributed by atoms with E-state index in [0.717, 1.165) is 32.8 Å². The minimum Gasteiger partial charge on any atom is -0.507 e. The van der Waals surface area contributed by atoms with Gasteiger partial charge in [0.1, 0.15) is 11.5 Å². The lowest BCUT2D eigenvalue weighted by atomic mass is 9.97. The second kappa shape index (κ2) is 8.61. The largest absolute Gasteiger partial charge is 0.507 e. The van der Waals surface area contributed by atoms with E-state index in [9.17, 15) is 9.90 Å². The van der Waals surface area contributed by atoms with E-state index >= 15 is 0 Å². The Balaban J connectivity index is 1.73. The fourth-order valence-corrected chi connectivity index (χ4v) is 5.56. The lowest BCUT2D eigenvalue weighted by Gasteiger charge is -2.17. The number of nitrogens with zero attached hydrogens (tertiary/aromatic N) is 1. The highest BCUT2D eigenvalue weighted by atomic mass is 35.5. The van der Waals surface area contributed by atoms with Crippen molar-refractivity contribution >= 4 is 45.7 Å². The van der Waals surface area contributed by atoms with Gasteiger partial charge < -0.3 is 14.3 Å². The topological polar surface area (TPSA) is 72.0 Å². The lowest BCUT2D eigenvalue weighted by Crippen LogP contribution is -2.08. The van der Waals surface area contributed by atoms with Crippen LogP contribution in [0.4, 0.5) is 5.69 Å². The van der Waals surface area contributed by atoms with Crippen molar-refractivity contribution in [1.82, 2.24) is 0 Å². The number of phenolic OH excluding ortho intramolecular Hbond substituents is 1. The number of hydrogen-bond acceptors (Lipinski definition) is 6. The molecule has 1 aliphatic heterocycles. The van der Waals surface area contributed by atoms with E-state index < -0.39 is 5.63 Å². The Hall–Kier alpha value is -3.22. The Labute approximate surface area is 199 Å². The number of rotatable bonds is 3. The number of benzene rings is 3. The molecule has 166 valence electrons. The van der Waals surface area contributed by atoms with Crippen molar-refractivity contribution < 1.29 is 14.3 Å². The lowest BCUT2D eigenvalue weighted by molar-refractivity contribution is 0.414. The maximum Gasteiger partial charge on any atom is 0.336 e. The van der Waals surface area contributed by atoms with Gasteiger partial charge in [-0.25, -0.2) is 4.79 Å². The van der Waals surface area contributed by atoms with Crippen LogP contribution in [0.2, 0.25) is 5.02 Å². The summed E-state index contributed by atoms with van der Waals surface area (Å²) in [6.45, 7) is 1.85. The normalized spacial score (nSPS) is 15.6. The second-order valence-corrected chi connectivity index (χ2v) is 9.52. The number of fused-ring (bicyclic) bond motifs is 2. The number of halogens is 1. The number of hydrogen-bond donors (Lipinski definition) is 1. The van der Waals surface area contributed by atoms with E-state index in [0.29, 0.717) is 28.3 Å². The summed E-state index contributed by atoms with van der Waals surface area (Å²) in [5.74, 6) is 0.796. The minimum atomic E-state index is -0.464. The van der Waals surface area contributed by atoms with Gasteiger partial charge in [0.05, 0.1) is 24.1 Å². The first-order chi connectivity index (χ1) is 15.9. The predicted molar refractivity (Wildman–Crippen MR) is 133 cm³/mol. The Morgan fingerprint density at radius 1 is 1.12 bits per heavy atom. The Morgan fingerprint density at radius 2 is 1.91 bits per heavy atom. The van der Waals surface area contributed by atoms with Gasteiger partial charge in [0.15, 0.2) is 5.58 Å². The van der Waals surface area contributed by atoms with Crippen LogP contribution in [0.3, 0.4) is 0 Å². The summed E-state index contributed by atoms with van der Waals surface area (Å²) < 4.78 is 10.9. The molecule has 0 bridgehead atoms. The Bertz CT molecular complexity index is 1460. The molecular weight excluding hydrogens is 458 g/mol. The number of thioether (sulfide) groups is 1. The van der Waals surface area contributed by atoms with Crippen molar-refractivity contribution in [2.24, 2.45) is 4.99 Å². The third-order valence-corrected chi connectivity index (χ3v) is 7.24. The maximum atomic E-state index is 12.2. The molecular formula is C26H20ClNO4S. The summed E-state index contributed by atoms with van der Waals surface area (Å²) in [4.78, 5) is 18.0. The molecule has 0 amide bonds. The van der Waals surface area contributed by atoms with Crippen LogP contribution in [-0.4, -0.2) is 17.9 Å². The monoisotopic (exact) mass is 477 g/mol. The molecule has 0 fully saturated rings. The number of methoxy groups -OCH3 is 1. The van der Waals surface area contributed by atoms with Crippen LogP contribution in [0.1, 0.15) is 28.4 Å². The standard InChI is InChI=1S/C26H20ClNO4S/c1-14-11-24(30)32-26-18(14)8-10-21(29)25(26)20-13-22(15-3-6-17(31-2)7-4-15)33-23-12-16(27)5-9-19(23)28-20/h3-12,22,29H,13H2,1-2H3/t22-/m0/s1. The summed E-state index contributed by atoms with van der Waals surface area (Å²) in [6, 6.07) is 18.3. The maximum absolute atomic E-state index is 12.2. The molecule has 1 aliphatic rings. The smallest absolute Gasteiger partial charge is 0.336 e. The highest BCUT2D eigenvalue weighted by Crippen LogP contribution is 2.47. The van der Waals surface area contributed by atoms with Crippen LogP contribution in [-0.2, 0) is 0 Å². The first-order valence-electron chi connectivity index (χ1n) is 10.4. The second-order valence-electron chi connectivity index (χ2n) is 7.84. The van der Waals surface area contributed by atoms with Crippen molar-refractivity contribution in [3.05, 3.63) is 92.8 Å². The summed E-state index contributed by atoms with van der Waals surface area (Å²) >= 11 is 7.95. The van der Waals surface area contributed by atoms with E-state index in [2.05, 4.69) is 0 Å². The molecule has 0 radical (unpaired) electrons. The van der Waals surface area contributed by atoms with Crippen molar-refractivity contribution in [2.75, 3.05) is 7.11 Å². The molecule has 0 aliphatic carbocycles. The molecule has 2 heterocycles.